The van der Waals surface area contributed by atoms with E-state index in [4.69, 9.17) is 16.3 Å². The Labute approximate surface area is 245 Å². The second-order valence-corrected chi connectivity index (χ2v) is 12.0. The Balaban J connectivity index is 2.63. The van der Waals surface area contributed by atoms with Crippen LogP contribution >= 0.6 is 11.6 Å². The summed E-state index contributed by atoms with van der Waals surface area (Å²) in [6.07, 6.45) is 1.49. The summed E-state index contributed by atoms with van der Waals surface area (Å²) in [6.45, 7) is 17.4. The molecular weight excluding hydrogens is 526 g/mol. The fraction of sp³-hybridized carbons (Fsp3) is 0.531. The van der Waals surface area contributed by atoms with Crippen LogP contribution in [0.3, 0.4) is 0 Å². The van der Waals surface area contributed by atoms with Gasteiger partial charge < -0.3 is 20.3 Å². The van der Waals surface area contributed by atoms with Crippen LogP contribution in [0.25, 0.3) is 0 Å². The number of rotatable bonds is 11. The van der Waals surface area contributed by atoms with Crippen molar-refractivity contribution in [3.8, 4) is 0 Å². The zero-order valence-corrected chi connectivity index (χ0v) is 26.2. The molecule has 7 nitrogen and oxygen atoms in total. The molecule has 3 unspecified atom stereocenters. The molecule has 0 bridgehead atoms. The normalized spacial score (nSPS) is 13.7. The molecule has 0 aliphatic carbocycles. The summed E-state index contributed by atoms with van der Waals surface area (Å²) in [5, 5.41) is 6.23. The van der Waals surface area contributed by atoms with Gasteiger partial charge in [-0.15, -0.1) is 0 Å². The van der Waals surface area contributed by atoms with Crippen molar-refractivity contribution in [1.29, 1.82) is 0 Å². The maximum absolute atomic E-state index is 14.4. The number of amides is 3. The summed E-state index contributed by atoms with van der Waals surface area (Å²) in [7, 11) is 0. The minimum Gasteiger partial charge on any atom is -0.444 e. The van der Waals surface area contributed by atoms with Gasteiger partial charge in [0.25, 0.3) is 5.91 Å². The number of hydrogen-bond donors (Lipinski definition) is 2. The molecular formula is C32H46ClN3O4. The summed E-state index contributed by atoms with van der Waals surface area (Å²) in [6, 6.07) is 9.39. The number of benzene rings is 2. The van der Waals surface area contributed by atoms with Gasteiger partial charge in [-0.25, -0.2) is 4.79 Å². The predicted molar refractivity (Wildman–Crippen MR) is 163 cm³/mol. The molecule has 2 aromatic rings. The van der Waals surface area contributed by atoms with Crippen LogP contribution in [0.5, 0.6) is 0 Å². The lowest BCUT2D eigenvalue weighted by Crippen LogP contribution is -2.55. The van der Waals surface area contributed by atoms with Crippen LogP contribution in [-0.2, 0) is 14.3 Å². The van der Waals surface area contributed by atoms with Gasteiger partial charge in [-0.1, -0.05) is 75.5 Å². The smallest absolute Gasteiger partial charge is 0.408 e. The third-order valence-electron chi connectivity index (χ3n) is 7.06. The van der Waals surface area contributed by atoms with Crippen molar-refractivity contribution in [3.63, 3.8) is 0 Å². The molecule has 0 saturated carbocycles. The molecule has 0 aliphatic rings. The summed E-state index contributed by atoms with van der Waals surface area (Å²) < 4.78 is 5.49. The van der Waals surface area contributed by atoms with Crippen LogP contribution < -0.4 is 10.6 Å². The molecule has 0 radical (unpaired) electrons. The van der Waals surface area contributed by atoms with Gasteiger partial charge in [-0.05, 0) is 82.2 Å². The van der Waals surface area contributed by atoms with Crippen molar-refractivity contribution in [2.75, 3.05) is 11.9 Å². The third-order valence-corrected chi connectivity index (χ3v) is 7.38. The second kappa shape index (κ2) is 14.5. The van der Waals surface area contributed by atoms with Crippen molar-refractivity contribution >= 4 is 35.2 Å². The molecule has 0 aliphatic heterocycles. The SMILES string of the molecule is CCCCN(C(=O)C(NC(=O)OC(C)(C)C)C(C)CC)C(C(=O)Nc1c(C)cccc1Cl)c1ccc(C)c(C)c1. The lowest BCUT2D eigenvalue weighted by atomic mass is 9.94. The molecule has 0 aromatic heterocycles. The molecule has 0 spiro atoms. The van der Waals surface area contributed by atoms with E-state index in [1.54, 1.807) is 31.7 Å². The summed E-state index contributed by atoms with van der Waals surface area (Å²) >= 11 is 6.46. The first kappa shape index (κ1) is 33.1. The zero-order chi connectivity index (χ0) is 30.2. The first-order valence-electron chi connectivity index (χ1n) is 14.1. The number of nitrogens with zero attached hydrogens (tertiary/aromatic N) is 1. The van der Waals surface area contributed by atoms with Crippen LogP contribution in [0, 0.1) is 26.7 Å². The largest absolute Gasteiger partial charge is 0.444 e. The Morgan fingerprint density at radius 3 is 2.23 bits per heavy atom. The summed E-state index contributed by atoms with van der Waals surface area (Å²) in [5.41, 5.74) is 3.39. The van der Waals surface area contributed by atoms with E-state index < -0.39 is 23.8 Å². The minimum absolute atomic E-state index is 0.196. The Morgan fingerprint density at radius 1 is 1.00 bits per heavy atom. The number of carbonyl (C=O) groups excluding carboxylic acids is 3. The number of nitrogens with one attached hydrogen (secondary N) is 2. The van der Waals surface area contributed by atoms with Gasteiger partial charge in [-0.3, -0.25) is 9.59 Å². The molecule has 40 heavy (non-hydrogen) atoms. The van der Waals surface area contributed by atoms with Crippen molar-refractivity contribution in [2.45, 2.75) is 99.3 Å². The molecule has 0 saturated heterocycles. The Kier molecular flexibility index (Phi) is 12.0. The van der Waals surface area contributed by atoms with Crippen LogP contribution in [0.2, 0.25) is 5.02 Å². The summed E-state index contributed by atoms with van der Waals surface area (Å²) in [5.74, 6) is -0.898. The van der Waals surface area contributed by atoms with Crippen molar-refractivity contribution in [2.24, 2.45) is 5.92 Å². The van der Waals surface area contributed by atoms with E-state index in [0.29, 0.717) is 35.7 Å². The monoisotopic (exact) mass is 571 g/mol. The number of aryl methyl sites for hydroxylation is 3. The highest BCUT2D eigenvalue weighted by atomic mass is 35.5. The molecule has 2 aromatic carbocycles. The Morgan fingerprint density at radius 2 is 1.68 bits per heavy atom. The first-order chi connectivity index (χ1) is 18.7. The molecule has 0 fully saturated rings. The van der Waals surface area contributed by atoms with E-state index in [0.717, 1.165) is 23.1 Å². The van der Waals surface area contributed by atoms with Gasteiger partial charge in [0, 0.05) is 6.54 Å². The predicted octanol–water partition coefficient (Wildman–Crippen LogP) is 7.51. The maximum Gasteiger partial charge on any atom is 0.408 e. The van der Waals surface area contributed by atoms with Gasteiger partial charge in [0.1, 0.15) is 17.7 Å². The number of anilines is 1. The Hall–Kier alpha value is -3.06. The lowest BCUT2D eigenvalue weighted by molar-refractivity contribution is -0.142. The highest BCUT2D eigenvalue weighted by molar-refractivity contribution is 6.34. The molecule has 8 heteroatoms. The third kappa shape index (κ3) is 8.98. The average Bonchev–Trinajstić information content (AvgIpc) is 2.87. The van der Waals surface area contributed by atoms with E-state index in [2.05, 4.69) is 10.6 Å². The maximum atomic E-state index is 14.4. The quantitative estimate of drug-likeness (QED) is 0.292. The van der Waals surface area contributed by atoms with Crippen molar-refractivity contribution < 1.29 is 19.1 Å². The van der Waals surface area contributed by atoms with Gasteiger partial charge in [0.2, 0.25) is 5.91 Å². The number of ether oxygens (including phenoxy) is 1. The summed E-state index contributed by atoms with van der Waals surface area (Å²) in [4.78, 5) is 42.9. The number of carbonyl (C=O) groups is 3. The number of halogens is 1. The van der Waals surface area contributed by atoms with Crippen LogP contribution in [0.15, 0.2) is 36.4 Å². The minimum atomic E-state index is -0.944. The van der Waals surface area contributed by atoms with Gasteiger partial charge in [0.05, 0.1) is 10.7 Å². The fourth-order valence-corrected chi connectivity index (χ4v) is 4.65. The highest BCUT2D eigenvalue weighted by Gasteiger charge is 2.38. The van der Waals surface area contributed by atoms with E-state index in [-0.39, 0.29) is 17.7 Å². The molecule has 0 heterocycles. The lowest BCUT2D eigenvalue weighted by Gasteiger charge is -2.36. The van der Waals surface area contributed by atoms with Gasteiger partial charge in [0.15, 0.2) is 0 Å². The van der Waals surface area contributed by atoms with Crippen LogP contribution in [-0.4, -0.2) is 41.0 Å². The molecule has 220 valence electrons. The molecule has 3 atom stereocenters. The molecule has 2 rings (SSSR count). The number of hydrogen-bond acceptors (Lipinski definition) is 4. The molecule has 2 N–H and O–H groups in total. The topological polar surface area (TPSA) is 87.7 Å². The second-order valence-electron chi connectivity index (χ2n) is 11.6. The standard InChI is InChI=1S/C32H46ClN3O4/c1-10-12-18-36(30(38)27(20(3)11-2)35-31(39)40-32(7,8)9)28(24-17-16-21(4)23(6)19-24)29(37)34-26-22(5)14-13-15-25(26)33/h13-17,19-20,27-28H,10-12,18H2,1-9H3,(H,34,37)(H,35,39). The highest BCUT2D eigenvalue weighted by Crippen LogP contribution is 2.31. The van der Waals surface area contributed by atoms with Gasteiger partial charge >= 0.3 is 6.09 Å². The number of alkyl carbamates (subject to hydrolysis) is 1. The van der Waals surface area contributed by atoms with Gasteiger partial charge in [-0.2, -0.15) is 0 Å². The molecule has 3 amide bonds. The van der Waals surface area contributed by atoms with Crippen molar-refractivity contribution in [1.82, 2.24) is 10.2 Å². The van der Waals surface area contributed by atoms with Crippen LogP contribution in [0.1, 0.15) is 89.1 Å². The first-order valence-corrected chi connectivity index (χ1v) is 14.5. The van der Waals surface area contributed by atoms with Crippen LogP contribution in [0.4, 0.5) is 10.5 Å². The number of unbranched alkanes of at least 4 members (excludes halogenated alkanes) is 1. The van der Waals surface area contributed by atoms with E-state index in [1.807, 2.05) is 71.9 Å². The number of para-hydroxylation sites is 1. The van der Waals surface area contributed by atoms with E-state index >= 15 is 0 Å². The Bertz CT molecular complexity index is 1170. The van der Waals surface area contributed by atoms with E-state index in [9.17, 15) is 14.4 Å². The zero-order valence-electron chi connectivity index (χ0n) is 25.5. The fourth-order valence-electron chi connectivity index (χ4n) is 4.38. The van der Waals surface area contributed by atoms with Crippen molar-refractivity contribution in [3.05, 3.63) is 63.7 Å². The average molecular weight is 572 g/mol. The van der Waals surface area contributed by atoms with E-state index in [1.165, 1.54) is 0 Å².